The molecule has 90 valence electrons. The Morgan fingerprint density at radius 3 is 3.00 bits per heavy atom. The molecule has 0 fully saturated rings. The van der Waals surface area contributed by atoms with Crippen LogP contribution in [0.3, 0.4) is 0 Å². The third-order valence-electron chi connectivity index (χ3n) is 1.61. The standard InChI is InChI=1S/C9H9N3O3S2/c10-1-2-16-5-7(13)11-3-8-12-6(4-17-8)9(14)15/h4H,2-3,5H2,(H,11,13)(H,14,15). The van der Waals surface area contributed by atoms with Crippen LogP contribution >= 0.6 is 23.1 Å². The number of aromatic nitrogens is 1. The summed E-state index contributed by atoms with van der Waals surface area (Å²) in [4.78, 5) is 25.6. The number of aromatic carboxylic acids is 1. The highest BCUT2D eigenvalue weighted by atomic mass is 32.2. The second-order valence-electron chi connectivity index (χ2n) is 2.86. The maximum atomic E-state index is 11.3. The van der Waals surface area contributed by atoms with E-state index in [0.29, 0.717) is 5.01 Å². The minimum absolute atomic E-state index is 0.0156. The van der Waals surface area contributed by atoms with Gasteiger partial charge < -0.3 is 10.4 Å². The van der Waals surface area contributed by atoms with Gasteiger partial charge >= 0.3 is 5.97 Å². The van der Waals surface area contributed by atoms with Gasteiger partial charge in [0.2, 0.25) is 5.91 Å². The molecule has 0 radical (unpaired) electrons. The molecule has 0 spiro atoms. The molecule has 0 atom stereocenters. The van der Waals surface area contributed by atoms with Gasteiger partial charge in [0.25, 0.3) is 0 Å². The molecule has 0 bridgehead atoms. The van der Waals surface area contributed by atoms with Crippen molar-refractivity contribution in [2.45, 2.75) is 6.54 Å². The van der Waals surface area contributed by atoms with Crippen molar-refractivity contribution in [1.82, 2.24) is 10.3 Å². The van der Waals surface area contributed by atoms with E-state index in [1.165, 1.54) is 28.5 Å². The summed E-state index contributed by atoms with van der Waals surface area (Å²) in [5, 5.41) is 21.5. The fourth-order valence-corrected chi connectivity index (χ4v) is 2.09. The first-order chi connectivity index (χ1) is 8.13. The van der Waals surface area contributed by atoms with Crippen molar-refractivity contribution in [3.05, 3.63) is 16.1 Å². The molecule has 0 aliphatic rings. The van der Waals surface area contributed by atoms with E-state index in [1.807, 2.05) is 6.07 Å². The van der Waals surface area contributed by atoms with Gasteiger partial charge in [-0.3, -0.25) is 4.79 Å². The average Bonchev–Trinajstić information content (AvgIpc) is 2.75. The lowest BCUT2D eigenvalue weighted by molar-refractivity contribution is -0.118. The summed E-state index contributed by atoms with van der Waals surface area (Å²) in [6.07, 6.45) is 0. The van der Waals surface area contributed by atoms with Gasteiger partial charge in [-0.2, -0.15) is 5.26 Å². The van der Waals surface area contributed by atoms with Crippen LogP contribution in [0.25, 0.3) is 0 Å². The first-order valence-electron chi connectivity index (χ1n) is 4.52. The number of hydrogen-bond acceptors (Lipinski definition) is 6. The van der Waals surface area contributed by atoms with E-state index in [0.717, 1.165) is 0 Å². The highest BCUT2D eigenvalue weighted by molar-refractivity contribution is 8.00. The quantitative estimate of drug-likeness (QED) is 0.739. The number of carboxylic acid groups (broad SMARTS) is 1. The van der Waals surface area contributed by atoms with Crippen molar-refractivity contribution in [3.8, 4) is 6.07 Å². The van der Waals surface area contributed by atoms with Gasteiger partial charge in [0.05, 0.1) is 24.1 Å². The molecular weight excluding hydrogens is 262 g/mol. The zero-order chi connectivity index (χ0) is 12.7. The van der Waals surface area contributed by atoms with E-state index in [4.69, 9.17) is 10.4 Å². The topological polar surface area (TPSA) is 103 Å². The zero-order valence-electron chi connectivity index (χ0n) is 8.67. The van der Waals surface area contributed by atoms with Gasteiger partial charge in [-0.15, -0.1) is 23.1 Å². The summed E-state index contributed by atoms with van der Waals surface area (Å²) in [6.45, 7) is 0.212. The minimum atomic E-state index is -1.08. The Morgan fingerprint density at radius 1 is 1.65 bits per heavy atom. The predicted molar refractivity (Wildman–Crippen MR) is 63.9 cm³/mol. The van der Waals surface area contributed by atoms with Crippen LogP contribution in [0.1, 0.15) is 15.5 Å². The molecule has 1 rings (SSSR count). The van der Waals surface area contributed by atoms with E-state index < -0.39 is 5.97 Å². The number of carboxylic acids is 1. The number of rotatable bonds is 6. The van der Waals surface area contributed by atoms with Gasteiger partial charge in [0.15, 0.2) is 5.69 Å². The molecule has 0 aliphatic heterocycles. The second-order valence-corrected chi connectivity index (χ2v) is 4.79. The van der Waals surface area contributed by atoms with Gasteiger partial charge in [0.1, 0.15) is 5.01 Å². The van der Waals surface area contributed by atoms with Crippen LogP contribution in [0.2, 0.25) is 0 Å². The normalized spacial score (nSPS) is 9.59. The molecule has 0 aromatic carbocycles. The molecule has 1 heterocycles. The Morgan fingerprint density at radius 2 is 2.41 bits per heavy atom. The van der Waals surface area contributed by atoms with E-state index in [1.54, 1.807) is 0 Å². The number of amides is 1. The van der Waals surface area contributed by atoms with Crippen LogP contribution < -0.4 is 5.32 Å². The number of thioether (sulfide) groups is 1. The van der Waals surface area contributed by atoms with E-state index in [2.05, 4.69) is 10.3 Å². The van der Waals surface area contributed by atoms with Crippen LogP contribution in [-0.2, 0) is 11.3 Å². The first-order valence-corrected chi connectivity index (χ1v) is 6.56. The van der Waals surface area contributed by atoms with Crippen LogP contribution in [0.5, 0.6) is 0 Å². The van der Waals surface area contributed by atoms with E-state index in [-0.39, 0.29) is 29.7 Å². The highest BCUT2D eigenvalue weighted by Crippen LogP contribution is 2.09. The van der Waals surface area contributed by atoms with Crippen LogP contribution in [0, 0.1) is 11.3 Å². The van der Waals surface area contributed by atoms with Crippen molar-refractivity contribution >= 4 is 35.0 Å². The molecule has 8 heteroatoms. The molecule has 0 aliphatic carbocycles. The largest absolute Gasteiger partial charge is 0.476 e. The third kappa shape index (κ3) is 4.84. The number of nitriles is 1. The van der Waals surface area contributed by atoms with Crippen LogP contribution in [-0.4, -0.2) is 33.5 Å². The van der Waals surface area contributed by atoms with Crippen molar-refractivity contribution < 1.29 is 14.7 Å². The summed E-state index contributed by atoms with van der Waals surface area (Å²) < 4.78 is 0. The lowest BCUT2D eigenvalue weighted by Crippen LogP contribution is -2.24. The van der Waals surface area contributed by atoms with Crippen molar-refractivity contribution in [2.24, 2.45) is 0 Å². The fraction of sp³-hybridized carbons (Fsp3) is 0.333. The molecule has 1 aromatic heterocycles. The Labute approximate surface area is 106 Å². The number of thiazole rings is 1. The maximum Gasteiger partial charge on any atom is 0.355 e. The molecule has 1 amide bonds. The van der Waals surface area contributed by atoms with Crippen LogP contribution in [0.4, 0.5) is 0 Å². The molecule has 0 saturated carbocycles. The Balaban J connectivity index is 2.32. The molecule has 2 N–H and O–H groups in total. The second kappa shape index (κ2) is 6.88. The summed E-state index contributed by atoms with van der Waals surface area (Å²) >= 11 is 2.40. The Kier molecular flexibility index (Phi) is 5.45. The molecule has 17 heavy (non-hydrogen) atoms. The van der Waals surface area contributed by atoms with Gasteiger partial charge in [0, 0.05) is 5.38 Å². The zero-order valence-corrected chi connectivity index (χ0v) is 10.3. The third-order valence-corrected chi connectivity index (χ3v) is 3.26. The summed E-state index contributed by atoms with van der Waals surface area (Å²) in [5.74, 6) is -0.792. The number of hydrogen-bond donors (Lipinski definition) is 2. The summed E-state index contributed by atoms with van der Waals surface area (Å²) in [6, 6.07) is 1.92. The Bertz CT molecular complexity index is 453. The molecular formula is C9H9N3O3S2. The molecule has 1 aromatic rings. The van der Waals surface area contributed by atoms with E-state index >= 15 is 0 Å². The lowest BCUT2D eigenvalue weighted by atomic mass is 10.5. The van der Waals surface area contributed by atoms with Gasteiger partial charge in [-0.25, -0.2) is 9.78 Å². The summed E-state index contributed by atoms with van der Waals surface area (Å²) in [5.41, 5.74) is -0.0156. The molecule has 6 nitrogen and oxygen atoms in total. The van der Waals surface area contributed by atoms with Crippen molar-refractivity contribution in [2.75, 3.05) is 11.5 Å². The van der Waals surface area contributed by atoms with Crippen LogP contribution in [0.15, 0.2) is 5.38 Å². The molecule has 0 unspecified atom stereocenters. The highest BCUT2D eigenvalue weighted by Gasteiger charge is 2.09. The van der Waals surface area contributed by atoms with Gasteiger partial charge in [-0.1, -0.05) is 0 Å². The van der Waals surface area contributed by atoms with Crippen molar-refractivity contribution in [1.29, 1.82) is 5.26 Å². The number of nitrogens with one attached hydrogen (secondary N) is 1. The number of carbonyl (C=O) groups excluding carboxylic acids is 1. The predicted octanol–water partition coefficient (Wildman–Crippen LogP) is 0.714. The SMILES string of the molecule is N#CCSCC(=O)NCc1nc(C(=O)O)cs1. The molecule has 0 saturated heterocycles. The van der Waals surface area contributed by atoms with Crippen molar-refractivity contribution in [3.63, 3.8) is 0 Å². The summed E-state index contributed by atoms with van der Waals surface area (Å²) in [7, 11) is 0. The minimum Gasteiger partial charge on any atom is -0.476 e. The average molecular weight is 271 g/mol. The number of nitrogens with zero attached hydrogens (tertiary/aromatic N) is 2. The smallest absolute Gasteiger partial charge is 0.355 e. The van der Waals surface area contributed by atoms with Gasteiger partial charge in [-0.05, 0) is 0 Å². The lowest BCUT2D eigenvalue weighted by Gasteiger charge is -2.00. The monoisotopic (exact) mass is 271 g/mol. The fourth-order valence-electron chi connectivity index (χ4n) is 0.905. The Hall–Kier alpha value is -1.59. The van der Waals surface area contributed by atoms with E-state index in [9.17, 15) is 9.59 Å². The number of carbonyl (C=O) groups is 2. The first kappa shape index (κ1) is 13.5. The maximum absolute atomic E-state index is 11.3.